The van der Waals surface area contributed by atoms with Gasteiger partial charge in [-0.25, -0.2) is 8.42 Å². The molecule has 0 radical (unpaired) electrons. The van der Waals surface area contributed by atoms with E-state index in [1.807, 2.05) is 0 Å². The predicted molar refractivity (Wildman–Crippen MR) is 78.0 cm³/mol. The Bertz CT molecular complexity index is 576. The van der Waals surface area contributed by atoms with Crippen molar-refractivity contribution in [3.05, 3.63) is 24.3 Å². The molecule has 1 aliphatic rings. The SMILES string of the molecule is Nc1cccc(S(=O)(=O)CC(=O)N2CCCCCC2)c1. The maximum Gasteiger partial charge on any atom is 0.238 e. The molecule has 6 heteroatoms. The lowest BCUT2D eigenvalue weighted by Crippen LogP contribution is -2.36. The summed E-state index contributed by atoms with van der Waals surface area (Å²) in [7, 11) is -3.61. The Morgan fingerprint density at radius 3 is 2.40 bits per heavy atom. The van der Waals surface area contributed by atoms with Gasteiger partial charge in [-0.2, -0.15) is 0 Å². The van der Waals surface area contributed by atoms with E-state index in [9.17, 15) is 13.2 Å². The number of hydrogen-bond acceptors (Lipinski definition) is 4. The maximum atomic E-state index is 12.2. The van der Waals surface area contributed by atoms with E-state index in [2.05, 4.69) is 0 Å². The Hall–Kier alpha value is -1.56. The van der Waals surface area contributed by atoms with Gasteiger partial charge in [0.15, 0.2) is 9.84 Å². The van der Waals surface area contributed by atoms with E-state index >= 15 is 0 Å². The van der Waals surface area contributed by atoms with Crippen LogP contribution in [0.15, 0.2) is 29.2 Å². The van der Waals surface area contributed by atoms with E-state index in [1.165, 1.54) is 12.1 Å². The minimum absolute atomic E-state index is 0.112. The van der Waals surface area contributed by atoms with Crippen LogP contribution in [0.1, 0.15) is 25.7 Å². The quantitative estimate of drug-likeness (QED) is 0.856. The molecular formula is C14H20N2O3S. The number of amides is 1. The van der Waals surface area contributed by atoms with E-state index < -0.39 is 15.6 Å². The van der Waals surface area contributed by atoms with E-state index in [1.54, 1.807) is 17.0 Å². The molecule has 0 spiro atoms. The topological polar surface area (TPSA) is 80.5 Å². The lowest BCUT2D eigenvalue weighted by molar-refractivity contribution is -0.128. The first-order valence-electron chi connectivity index (χ1n) is 6.85. The van der Waals surface area contributed by atoms with E-state index in [0.29, 0.717) is 18.8 Å². The second-order valence-corrected chi connectivity index (χ2v) is 7.12. The number of likely N-dealkylation sites (tertiary alicyclic amines) is 1. The Labute approximate surface area is 119 Å². The number of hydrogen-bond donors (Lipinski definition) is 1. The Kier molecular flexibility index (Phi) is 4.65. The van der Waals surface area contributed by atoms with Gasteiger partial charge in [0.05, 0.1) is 4.90 Å². The second-order valence-electron chi connectivity index (χ2n) is 5.13. The van der Waals surface area contributed by atoms with Crippen LogP contribution < -0.4 is 5.73 Å². The van der Waals surface area contributed by atoms with Crippen molar-refractivity contribution in [2.24, 2.45) is 0 Å². The molecular weight excluding hydrogens is 276 g/mol. The van der Waals surface area contributed by atoms with Crippen molar-refractivity contribution >= 4 is 21.4 Å². The fraction of sp³-hybridized carbons (Fsp3) is 0.500. The number of nitrogens with two attached hydrogens (primary N) is 1. The smallest absolute Gasteiger partial charge is 0.238 e. The molecule has 1 amide bonds. The third kappa shape index (κ3) is 3.72. The number of carbonyl (C=O) groups excluding carboxylic acids is 1. The van der Waals surface area contributed by atoms with Gasteiger partial charge in [-0.3, -0.25) is 4.79 Å². The number of sulfone groups is 1. The van der Waals surface area contributed by atoms with Crippen LogP contribution in [-0.4, -0.2) is 38.1 Å². The average Bonchev–Trinajstić information content (AvgIpc) is 2.67. The maximum absolute atomic E-state index is 12.2. The fourth-order valence-electron chi connectivity index (χ4n) is 2.37. The molecule has 0 bridgehead atoms. The van der Waals surface area contributed by atoms with Gasteiger partial charge < -0.3 is 10.6 Å². The molecule has 1 saturated heterocycles. The average molecular weight is 296 g/mol. The van der Waals surface area contributed by atoms with Crippen molar-refractivity contribution in [1.82, 2.24) is 4.90 Å². The summed E-state index contributed by atoms with van der Waals surface area (Å²) in [6.45, 7) is 1.32. The Balaban J connectivity index is 2.09. The summed E-state index contributed by atoms with van der Waals surface area (Å²) >= 11 is 0. The van der Waals surface area contributed by atoms with Gasteiger partial charge >= 0.3 is 0 Å². The van der Waals surface area contributed by atoms with Gasteiger partial charge in [0.1, 0.15) is 5.75 Å². The molecule has 5 nitrogen and oxygen atoms in total. The van der Waals surface area contributed by atoms with Crippen LogP contribution in [0, 0.1) is 0 Å². The molecule has 1 heterocycles. The van der Waals surface area contributed by atoms with Gasteiger partial charge in [0, 0.05) is 18.8 Å². The van der Waals surface area contributed by atoms with E-state index in [4.69, 9.17) is 5.73 Å². The van der Waals surface area contributed by atoms with E-state index in [-0.39, 0.29) is 10.8 Å². The Morgan fingerprint density at radius 1 is 1.15 bits per heavy atom. The first-order chi connectivity index (χ1) is 9.49. The molecule has 1 aliphatic heterocycles. The molecule has 2 rings (SSSR count). The Morgan fingerprint density at radius 2 is 1.80 bits per heavy atom. The van der Waals surface area contributed by atoms with Crippen LogP contribution in [0.4, 0.5) is 5.69 Å². The largest absolute Gasteiger partial charge is 0.399 e. The summed E-state index contributed by atoms with van der Waals surface area (Å²) in [5.74, 6) is -0.787. The molecule has 0 saturated carbocycles. The highest BCUT2D eigenvalue weighted by atomic mass is 32.2. The molecule has 20 heavy (non-hydrogen) atoms. The van der Waals surface area contributed by atoms with Crippen molar-refractivity contribution in [2.75, 3.05) is 24.6 Å². The summed E-state index contributed by atoms with van der Waals surface area (Å²) in [5, 5.41) is 0. The summed E-state index contributed by atoms with van der Waals surface area (Å²) in [6.07, 6.45) is 4.10. The normalized spacial score (nSPS) is 16.7. The molecule has 0 aromatic heterocycles. The second kappa shape index (κ2) is 6.26. The summed E-state index contributed by atoms with van der Waals surface area (Å²) in [5.41, 5.74) is 5.97. The highest BCUT2D eigenvalue weighted by Crippen LogP contribution is 2.16. The molecule has 0 aliphatic carbocycles. The molecule has 1 fully saturated rings. The van der Waals surface area contributed by atoms with Crippen molar-refractivity contribution < 1.29 is 13.2 Å². The van der Waals surface area contributed by atoms with Crippen LogP contribution in [0.2, 0.25) is 0 Å². The van der Waals surface area contributed by atoms with Crippen LogP contribution in [0.5, 0.6) is 0 Å². The first-order valence-corrected chi connectivity index (χ1v) is 8.50. The zero-order valence-electron chi connectivity index (χ0n) is 11.4. The molecule has 110 valence electrons. The van der Waals surface area contributed by atoms with Gasteiger partial charge in [0.2, 0.25) is 5.91 Å². The predicted octanol–water partition coefficient (Wildman–Crippen LogP) is 1.45. The molecule has 1 aromatic rings. The van der Waals surface area contributed by atoms with Crippen molar-refractivity contribution in [3.63, 3.8) is 0 Å². The summed E-state index contributed by atoms with van der Waals surface area (Å²) in [6, 6.07) is 6.07. The highest BCUT2D eigenvalue weighted by Gasteiger charge is 2.24. The van der Waals surface area contributed by atoms with Crippen LogP contribution in [0.3, 0.4) is 0 Å². The molecule has 0 atom stereocenters. The zero-order chi connectivity index (χ0) is 14.6. The van der Waals surface area contributed by atoms with Gasteiger partial charge in [0.25, 0.3) is 0 Å². The van der Waals surface area contributed by atoms with Gasteiger partial charge in [-0.05, 0) is 31.0 Å². The summed E-state index contributed by atoms with van der Waals surface area (Å²) < 4.78 is 24.4. The number of nitrogen functional groups attached to an aromatic ring is 1. The number of anilines is 1. The highest BCUT2D eigenvalue weighted by molar-refractivity contribution is 7.92. The monoisotopic (exact) mass is 296 g/mol. The molecule has 2 N–H and O–H groups in total. The van der Waals surface area contributed by atoms with Crippen molar-refractivity contribution in [3.8, 4) is 0 Å². The lowest BCUT2D eigenvalue weighted by Gasteiger charge is -2.20. The molecule has 0 unspecified atom stereocenters. The fourth-order valence-corrected chi connectivity index (χ4v) is 3.64. The number of nitrogens with zero attached hydrogens (tertiary/aromatic N) is 1. The van der Waals surface area contributed by atoms with E-state index in [0.717, 1.165) is 25.7 Å². The van der Waals surface area contributed by atoms with Gasteiger partial charge in [-0.1, -0.05) is 18.9 Å². The zero-order valence-corrected chi connectivity index (χ0v) is 12.2. The number of carbonyl (C=O) groups is 1. The third-order valence-corrected chi connectivity index (χ3v) is 5.09. The van der Waals surface area contributed by atoms with Crippen molar-refractivity contribution in [1.29, 1.82) is 0 Å². The lowest BCUT2D eigenvalue weighted by atomic mass is 10.2. The first kappa shape index (κ1) is 14.8. The van der Waals surface area contributed by atoms with Crippen LogP contribution >= 0.6 is 0 Å². The van der Waals surface area contributed by atoms with Crippen LogP contribution in [-0.2, 0) is 14.6 Å². The standard InChI is InChI=1S/C14H20N2O3S/c15-12-6-5-7-13(10-12)20(18,19)11-14(17)16-8-3-1-2-4-9-16/h5-7,10H,1-4,8-9,11,15H2. The number of rotatable bonds is 3. The minimum atomic E-state index is -3.61. The minimum Gasteiger partial charge on any atom is -0.399 e. The van der Waals surface area contributed by atoms with Gasteiger partial charge in [-0.15, -0.1) is 0 Å². The summed E-state index contributed by atoms with van der Waals surface area (Å²) in [4.78, 5) is 13.9. The van der Waals surface area contributed by atoms with Crippen LogP contribution in [0.25, 0.3) is 0 Å². The molecule has 1 aromatic carbocycles. The number of benzene rings is 1. The third-order valence-electron chi connectivity index (χ3n) is 3.49. The van der Waals surface area contributed by atoms with Crippen molar-refractivity contribution in [2.45, 2.75) is 30.6 Å².